The van der Waals surface area contributed by atoms with Gasteiger partial charge in [0.15, 0.2) is 5.65 Å². The molecule has 0 amide bonds. The fourth-order valence-electron chi connectivity index (χ4n) is 4.02. The molecule has 1 unspecified atom stereocenters. The van der Waals surface area contributed by atoms with Gasteiger partial charge in [-0.2, -0.15) is 10.1 Å². The molecule has 0 aromatic carbocycles. The highest BCUT2D eigenvalue weighted by molar-refractivity contribution is 7.99. The molecule has 0 radical (unpaired) electrons. The van der Waals surface area contributed by atoms with Gasteiger partial charge in [0.1, 0.15) is 10.8 Å². The lowest BCUT2D eigenvalue weighted by Gasteiger charge is -2.15. The lowest BCUT2D eigenvalue weighted by atomic mass is 10.1. The Balaban J connectivity index is 1.56. The van der Waals surface area contributed by atoms with Gasteiger partial charge in [0.25, 0.3) is 0 Å². The number of nitrogens with zero attached hydrogens (tertiary/aromatic N) is 5. The minimum atomic E-state index is 0.285. The van der Waals surface area contributed by atoms with Crippen LogP contribution in [-0.2, 0) is 13.0 Å². The van der Waals surface area contributed by atoms with Gasteiger partial charge in [-0.25, -0.2) is 9.67 Å². The summed E-state index contributed by atoms with van der Waals surface area (Å²) >= 11 is 1.74. The molecule has 152 valence electrons. The minimum Gasteiger partial charge on any atom is -0.496 e. The summed E-state index contributed by atoms with van der Waals surface area (Å²) in [4.78, 5) is 13.7. The molecule has 1 aliphatic carbocycles. The van der Waals surface area contributed by atoms with E-state index >= 15 is 0 Å². The Morgan fingerprint density at radius 2 is 2.10 bits per heavy atom. The van der Waals surface area contributed by atoms with E-state index in [0.717, 1.165) is 56.5 Å². The summed E-state index contributed by atoms with van der Waals surface area (Å²) in [5.41, 5.74) is 10.8. The maximum atomic E-state index is 6.04. The van der Waals surface area contributed by atoms with Crippen molar-refractivity contribution in [1.82, 2.24) is 30.0 Å². The van der Waals surface area contributed by atoms with Crippen LogP contribution in [0.3, 0.4) is 0 Å². The van der Waals surface area contributed by atoms with Gasteiger partial charge in [-0.05, 0) is 26.7 Å². The molecule has 1 fully saturated rings. The molecule has 3 aromatic heterocycles. The number of hydrogen-bond donors (Lipinski definition) is 2. The number of nitrogens with one attached hydrogen (secondary N) is 1. The highest BCUT2D eigenvalue weighted by Gasteiger charge is 2.30. The predicted octanol–water partition coefficient (Wildman–Crippen LogP) is 2.25. The molecule has 1 aliphatic heterocycles. The number of methoxy groups -OCH3 is 1. The highest BCUT2D eigenvalue weighted by Crippen LogP contribution is 2.35. The van der Waals surface area contributed by atoms with Crippen molar-refractivity contribution in [3.8, 4) is 5.75 Å². The molecular formula is C20H25N7OS. The molecule has 1 saturated carbocycles. The molecule has 0 bridgehead atoms. The van der Waals surface area contributed by atoms with Gasteiger partial charge in [-0.3, -0.25) is 4.98 Å². The van der Waals surface area contributed by atoms with Crippen LogP contribution in [0.4, 0.5) is 5.95 Å². The number of thioether (sulfide) groups is 1. The van der Waals surface area contributed by atoms with Crippen LogP contribution in [0.5, 0.6) is 5.75 Å². The SMILES string of the molecule is COc1c(C)cnc(Cn2nc3c4c(nc(N)nc42)SCC(NC2CC2)C3)c1C. The first-order valence-electron chi connectivity index (χ1n) is 9.94. The molecule has 0 saturated heterocycles. The smallest absolute Gasteiger partial charge is 0.223 e. The van der Waals surface area contributed by atoms with E-state index in [-0.39, 0.29) is 5.95 Å². The Morgan fingerprint density at radius 3 is 2.86 bits per heavy atom. The second kappa shape index (κ2) is 7.14. The summed E-state index contributed by atoms with van der Waals surface area (Å²) in [6.07, 6.45) is 5.25. The van der Waals surface area contributed by atoms with E-state index in [1.807, 2.05) is 24.7 Å². The van der Waals surface area contributed by atoms with Crippen molar-refractivity contribution in [2.75, 3.05) is 18.6 Å². The first-order chi connectivity index (χ1) is 14.0. The molecule has 5 rings (SSSR count). The van der Waals surface area contributed by atoms with E-state index in [1.165, 1.54) is 12.8 Å². The standard InChI is InChI=1S/C20H25N7OS/c1-10-7-22-15(11(2)17(10)28-3)8-27-18-16-14(26-27)6-13(23-12-4-5-12)9-29-19(16)25-20(21)24-18/h7,12-13,23H,4-6,8-9H2,1-3H3,(H2,21,24,25). The van der Waals surface area contributed by atoms with Gasteiger partial charge in [-0.1, -0.05) is 0 Å². The van der Waals surface area contributed by atoms with Crippen LogP contribution in [-0.4, -0.2) is 49.7 Å². The van der Waals surface area contributed by atoms with Crippen LogP contribution < -0.4 is 15.8 Å². The Hall–Kier alpha value is -2.39. The van der Waals surface area contributed by atoms with Gasteiger partial charge in [0, 0.05) is 41.6 Å². The van der Waals surface area contributed by atoms with Gasteiger partial charge in [-0.15, -0.1) is 11.8 Å². The lowest BCUT2D eigenvalue weighted by molar-refractivity contribution is 0.406. The molecule has 0 spiro atoms. The van der Waals surface area contributed by atoms with Gasteiger partial charge >= 0.3 is 0 Å². The van der Waals surface area contributed by atoms with E-state index < -0.39 is 0 Å². The summed E-state index contributed by atoms with van der Waals surface area (Å²) in [7, 11) is 1.69. The highest BCUT2D eigenvalue weighted by atomic mass is 32.2. The number of pyridine rings is 1. The molecule has 3 aromatic rings. The zero-order valence-corrected chi connectivity index (χ0v) is 17.7. The number of hydrogen-bond acceptors (Lipinski definition) is 8. The van der Waals surface area contributed by atoms with Crippen molar-refractivity contribution in [3.05, 3.63) is 28.7 Å². The Bertz CT molecular complexity index is 1090. The molecule has 2 aliphatic rings. The normalized spacial score (nSPS) is 18.8. The third-order valence-corrected chi connectivity index (χ3v) is 6.75. The number of aromatic nitrogens is 5. The number of ether oxygens (including phenoxy) is 1. The zero-order chi connectivity index (χ0) is 20.1. The zero-order valence-electron chi connectivity index (χ0n) is 16.9. The van der Waals surface area contributed by atoms with E-state index in [2.05, 4.69) is 20.3 Å². The Morgan fingerprint density at radius 1 is 1.28 bits per heavy atom. The van der Waals surface area contributed by atoms with Gasteiger partial charge in [0.05, 0.1) is 30.4 Å². The maximum Gasteiger partial charge on any atom is 0.223 e. The molecule has 4 heterocycles. The Kier molecular flexibility index (Phi) is 4.59. The fraction of sp³-hybridized carbons (Fsp3) is 0.500. The van der Waals surface area contributed by atoms with Crippen LogP contribution in [0.25, 0.3) is 11.0 Å². The molecule has 9 heteroatoms. The van der Waals surface area contributed by atoms with Crippen molar-refractivity contribution in [2.45, 2.75) is 56.8 Å². The second-order valence-corrected chi connectivity index (χ2v) is 8.90. The van der Waals surface area contributed by atoms with Gasteiger partial charge in [0.2, 0.25) is 5.95 Å². The van der Waals surface area contributed by atoms with E-state index in [1.54, 1.807) is 18.9 Å². The lowest BCUT2D eigenvalue weighted by Crippen LogP contribution is -2.34. The summed E-state index contributed by atoms with van der Waals surface area (Å²) < 4.78 is 7.48. The topological polar surface area (TPSA) is 104 Å². The van der Waals surface area contributed by atoms with Crippen molar-refractivity contribution in [2.24, 2.45) is 0 Å². The van der Waals surface area contributed by atoms with Crippen LogP contribution in [0.15, 0.2) is 11.2 Å². The number of nitrogens with two attached hydrogens (primary N) is 1. The third kappa shape index (κ3) is 3.42. The van der Waals surface area contributed by atoms with E-state index in [0.29, 0.717) is 18.6 Å². The number of rotatable bonds is 5. The van der Waals surface area contributed by atoms with Crippen molar-refractivity contribution >= 4 is 28.7 Å². The molecule has 3 N–H and O–H groups in total. The second-order valence-electron chi connectivity index (χ2n) is 7.89. The third-order valence-electron chi connectivity index (χ3n) is 5.61. The van der Waals surface area contributed by atoms with E-state index in [4.69, 9.17) is 15.6 Å². The van der Waals surface area contributed by atoms with Crippen LogP contribution in [0, 0.1) is 13.8 Å². The number of nitrogen functional groups attached to an aromatic ring is 1. The first-order valence-corrected chi connectivity index (χ1v) is 10.9. The average Bonchev–Trinajstić information content (AvgIpc) is 3.46. The van der Waals surface area contributed by atoms with Crippen molar-refractivity contribution in [3.63, 3.8) is 0 Å². The quantitative estimate of drug-likeness (QED) is 0.616. The van der Waals surface area contributed by atoms with Crippen molar-refractivity contribution in [1.29, 1.82) is 0 Å². The summed E-state index contributed by atoms with van der Waals surface area (Å²) in [6, 6.07) is 1.04. The molecule has 1 atom stereocenters. The molecular weight excluding hydrogens is 386 g/mol. The molecule has 29 heavy (non-hydrogen) atoms. The van der Waals surface area contributed by atoms with Crippen LogP contribution in [0.1, 0.15) is 35.4 Å². The maximum absolute atomic E-state index is 6.04. The molecule has 8 nitrogen and oxygen atoms in total. The van der Waals surface area contributed by atoms with Crippen molar-refractivity contribution < 1.29 is 4.74 Å². The number of anilines is 1. The monoisotopic (exact) mass is 411 g/mol. The van der Waals surface area contributed by atoms with Crippen LogP contribution in [0.2, 0.25) is 0 Å². The minimum absolute atomic E-state index is 0.285. The predicted molar refractivity (Wildman–Crippen MR) is 113 cm³/mol. The van der Waals surface area contributed by atoms with Crippen LogP contribution >= 0.6 is 11.8 Å². The average molecular weight is 412 g/mol. The summed E-state index contributed by atoms with van der Waals surface area (Å²) in [6.45, 7) is 4.55. The summed E-state index contributed by atoms with van der Waals surface area (Å²) in [5, 5.41) is 10.6. The van der Waals surface area contributed by atoms with E-state index in [9.17, 15) is 0 Å². The Labute approximate surface area is 173 Å². The largest absolute Gasteiger partial charge is 0.496 e. The number of aryl methyl sites for hydroxylation is 1. The summed E-state index contributed by atoms with van der Waals surface area (Å²) in [5.74, 6) is 2.12. The van der Waals surface area contributed by atoms with Gasteiger partial charge < -0.3 is 15.8 Å². The first kappa shape index (κ1) is 18.6. The fourth-order valence-corrected chi connectivity index (χ4v) is 5.10.